The lowest BCUT2D eigenvalue weighted by atomic mass is 10.2. The number of rotatable bonds is 6. The zero-order chi connectivity index (χ0) is 15.5. The minimum absolute atomic E-state index is 0.0169. The second kappa shape index (κ2) is 6.48. The molecule has 1 amide bonds. The molecule has 22 heavy (non-hydrogen) atoms. The summed E-state index contributed by atoms with van der Waals surface area (Å²) in [6, 6.07) is 6.11. The van der Waals surface area contributed by atoms with Gasteiger partial charge in [0.25, 0.3) is 0 Å². The Hall–Kier alpha value is -1.89. The largest absolute Gasteiger partial charge is 0.355 e. The Morgan fingerprint density at radius 2 is 2.09 bits per heavy atom. The van der Waals surface area contributed by atoms with Crippen LogP contribution >= 0.6 is 11.8 Å². The third-order valence-corrected chi connectivity index (χ3v) is 4.57. The van der Waals surface area contributed by atoms with E-state index in [1.54, 1.807) is 12.1 Å². The molecular weight excluding hydrogens is 303 g/mol. The Morgan fingerprint density at radius 1 is 1.36 bits per heavy atom. The molecule has 0 radical (unpaired) electrons. The summed E-state index contributed by atoms with van der Waals surface area (Å²) in [6.07, 6.45) is 2.44. The molecule has 0 unspecified atom stereocenters. The van der Waals surface area contributed by atoms with Crippen LogP contribution < -0.4 is 5.32 Å². The number of benzene rings is 1. The lowest BCUT2D eigenvalue weighted by Gasteiger charge is -2.05. The van der Waals surface area contributed by atoms with Gasteiger partial charge in [-0.3, -0.25) is 4.79 Å². The van der Waals surface area contributed by atoms with Gasteiger partial charge in [-0.15, -0.1) is 10.2 Å². The van der Waals surface area contributed by atoms with Crippen LogP contribution in [0.25, 0.3) is 11.4 Å². The topological polar surface area (TPSA) is 59.8 Å². The number of halogens is 1. The summed E-state index contributed by atoms with van der Waals surface area (Å²) in [6.45, 7) is 0.777. The quantitative estimate of drug-likeness (QED) is 0.829. The van der Waals surface area contributed by atoms with Gasteiger partial charge in [0.05, 0.1) is 5.75 Å². The lowest BCUT2D eigenvalue weighted by Crippen LogP contribution is -2.27. The highest BCUT2D eigenvalue weighted by atomic mass is 32.2. The highest BCUT2D eigenvalue weighted by Crippen LogP contribution is 2.27. The summed E-state index contributed by atoms with van der Waals surface area (Å²) in [5.41, 5.74) is 0.793. The first-order valence-corrected chi connectivity index (χ1v) is 8.17. The normalized spacial score (nSPS) is 14.1. The van der Waals surface area contributed by atoms with Crippen molar-refractivity contribution in [3.8, 4) is 11.4 Å². The van der Waals surface area contributed by atoms with Crippen LogP contribution in [0.5, 0.6) is 0 Å². The molecule has 0 spiro atoms. The Balaban J connectivity index is 1.60. The Morgan fingerprint density at radius 3 is 2.77 bits per heavy atom. The van der Waals surface area contributed by atoms with Gasteiger partial charge in [0, 0.05) is 19.2 Å². The van der Waals surface area contributed by atoms with Crippen LogP contribution in [-0.4, -0.2) is 33.0 Å². The van der Waals surface area contributed by atoms with E-state index in [4.69, 9.17) is 0 Å². The maximum Gasteiger partial charge on any atom is 0.230 e. The van der Waals surface area contributed by atoms with E-state index in [9.17, 15) is 9.18 Å². The second-order valence-electron chi connectivity index (χ2n) is 5.41. The van der Waals surface area contributed by atoms with Crippen LogP contribution in [0, 0.1) is 11.7 Å². The third kappa shape index (κ3) is 3.65. The standard InChI is InChI=1S/C15H17FN4OS/c1-20-14(11-4-6-12(16)7-5-11)18-19-15(20)22-9-13(21)17-8-10-2-3-10/h4-7,10H,2-3,8-9H2,1H3,(H,17,21). The Bertz CT molecular complexity index is 667. The minimum atomic E-state index is -0.284. The average Bonchev–Trinajstić information content (AvgIpc) is 3.27. The fourth-order valence-electron chi connectivity index (χ4n) is 2.05. The van der Waals surface area contributed by atoms with Gasteiger partial charge in [-0.2, -0.15) is 0 Å². The zero-order valence-corrected chi connectivity index (χ0v) is 13.1. The number of amides is 1. The monoisotopic (exact) mass is 320 g/mol. The molecule has 7 heteroatoms. The van der Waals surface area contributed by atoms with Crippen LogP contribution in [0.3, 0.4) is 0 Å². The molecule has 0 saturated heterocycles. The second-order valence-corrected chi connectivity index (χ2v) is 6.35. The highest BCUT2D eigenvalue weighted by Gasteiger charge is 2.21. The van der Waals surface area contributed by atoms with Crippen molar-refractivity contribution in [1.82, 2.24) is 20.1 Å². The smallest absolute Gasteiger partial charge is 0.230 e. The van der Waals surface area contributed by atoms with Gasteiger partial charge in [0.1, 0.15) is 5.82 Å². The van der Waals surface area contributed by atoms with Crippen molar-refractivity contribution in [2.45, 2.75) is 18.0 Å². The number of hydrogen-bond donors (Lipinski definition) is 1. The van der Waals surface area contributed by atoms with E-state index in [0.717, 1.165) is 12.1 Å². The maximum absolute atomic E-state index is 13.0. The molecule has 1 aliphatic carbocycles. The van der Waals surface area contributed by atoms with E-state index in [1.165, 1.54) is 36.7 Å². The summed E-state index contributed by atoms with van der Waals surface area (Å²) in [5.74, 6) is 1.38. The average molecular weight is 320 g/mol. The number of thioether (sulfide) groups is 1. The van der Waals surface area contributed by atoms with E-state index in [-0.39, 0.29) is 11.7 Å². The van der Waals surface area contributed by atoms with Crippen molar-refractivity contribution in [2.75, 3.05) is 12.3 Å². The molecule has 1 heterocycles. The van der Waals surface area contributed by atoms with E-state index >= 15 is 0 Å². The van der Waals surface area contributed by atoms with Gasteiger partial charge >= 0.3 is 0 Å². The highest BCUT2D eigenvalue weighted by molar-refractivity contribution is 7.99. The molecule has 0 bridgehead atoms. The summed E-state index contributed by atoms with van der Waals surface area (Å²) in [4.78, 5) is 11.7. The molecule has 2 aromatic rings. The van der Waals surface area contributed by atoms with Crippen molar-refractivity contribution in [3.63, 3.8) is 0 Å². The maximum atomic E-state index is 13.0. The molecule has 1 fully saturated rings. The molecular formula is C15H17FN4OS. The summed E-state index contributed by atoms with van der Waals surface area (Å²) in [7, 11) is 1.84. The molecule has 5 nitrogen and oxygen atoms in total. The van der Waals surface area contributed by atoms with E-state index in [2.05, 4.69) is 15.5 Å². The summed E-state index contributed by atoms with van der Waals surface area (Å²) >= 11 is 1.35. The van der Waals surface area contributed by atoms with Crippen LogP contribution in [0.15, 0.2) is 29.4 Å². The van der Waals surface area contributed by atoms with Crippen molar-refractivity contribution in [3.05, 3.63) is 30.1 Å². The third-order valence-electron chi connectivity index (χ3n) is 3.55. The van der Waals surface area contributed by atoms with Crippen molar-refractivity contribution < 1.29 is 9.18 Å². The first-order chi connectivity index (χ1) is 10.6. The molecule has 0 aliphatic heterocycles. The number of nitrogens with one attached hydrogen (secondary N) is 1. The molecule has 1 aromatic carbocycles. The van der Waals surface area contributed by atoms with Crippen molar-refractivity contribution >= 4 is 17.7 Å². The number of hydrogen-bond acceptors (Lipinski definition) is 4. The van der Waals surface area contributed by atoms with E-state index in [0.29, 0.717) is 22.7 Å². The molecule has 1 N–H and O–H groups in total. The van der Waals surface area contributed by atoms with Crippen LogP contribution in [0.1, 0.15) is 12.8 Å². The SMILES string of the molecule is Cn1c(SCC(=O)NCC2CC2)nnc1-c1ccc(F)cc1. The predicted molar refractivity (Wildman–Crippen MR) is 82.9 cm³/mol. The fourth-order valence-corrected chi connectivity index (χ4v) is 2.79. The number of carbonyl (C=O) groups is 1. The van der Waals surface area contributed by atoms with Gasteiger partial charge in [0.15, 0.2) is 11.0 Å². The summed E-state index contributed by atoms with van der Waals surface area (Å²) in [5, 5.41) is 11.8. The van der Waals surface area contributed by atoms with Gasteiger partial charge in [-0.1, -0.05) is 11.8 Å². The Labute approximate surface area is 132 Å². The fraction of sp³-hybridized carbons (Fsp3) is 0.400. The first kappa shape index (κ1) is 15.0. The minimum Gasteiger partial charge on any atom is -0.355 e. The number of aromatic nitrogens is 3. The molecule has 1 aliphatic rings. The molecule has 1 saturated carbocycles. The van der Waals surface area contributed by atoms with Crippen molar-refractivity contribution in [1.29, 1.82) is 0 Å². The molecule has 3 rings (SSSR count). The van der Waals surface area contributed by atoms with Gasteiger partial charge in [0.2, 0.25) is 5.91 Å². The lowest BCUT2D eigenvalue weighted by molar-refractivity contribution is -0.118. The Kier molecular flexibility index (Phi) is 4.42. The van der Waals surface area contributed by atoms with Crippen LogP contribution in [-0.2, 0) is 11.8 Å². The molecule has 0 atom stereocenters. The van der Waals surface area contributed by atoms with Gasteiger partial charge in [-0.25, -0.2) is 4.39 Å². The van der Waals surface area contributed by atoms with Gasteiger partial charge < -0.3 is 9.88 Å². The van der Waals surface area contributed by atoms with Crippen LogP contribution in [0.2, 0.25) is 0 Å². The summed E-state index contributed by atoms with van der Waals surface area (Å²) < 4.78 is 14.8. The van der Waals surface area contributed by atoms with Gasteiger partial charge in [-0.05, 0) is 43.0 Å². The zero-order valence-electron chi connectivity index (χ0n) is 12.3. The van der Waals surface area contributed by atoms with E-state index in [1.807, 2.05) is 11.6 Å². The molecule has 1 aromatic heterocycles. The predicted octanol–water partition coefficient (Wildman–Crippen LogP) is 2.24. The number of nitrogens with zero attached hydrogens (tertiary/aromatic N) is 3. The van der Waals surface area contributed by atoms with Crippen molar-refractivity contribution in [2.24, 2.45) is 13.0 Å². The number of carbonyl (C=O) groups excluding carboxylic acids is 1. The van der Waals surface area contributed by atoms with Crippen LogP contribution in [0.4, 0.5) is 4.39 Å². The van der Waals surface area contributed by atoms with E-state index < -0.39 is 0 Å². The molecule has 116 valence electrons. The first-order valence-electron chi connectivity index (χ1n) is 7.18.